The Kier molecular flexibility index (Phi) is 2.98. The Morgan fingerprint density at radius 2 is 2.17 bits per heavy atom. The van der Waals surface area contributed by atoms with Crippen LogP contribution < -0.4 is 0 Å². The summed E-state index contributed by atoms with van der Waals surface area (Å²) in [7, 11) is 0. The molecule has 18 heavy (non-hydrogen) atoms. The van der Waals surface area contributed by atoms with E-state index in [1.165, 1.54) is 12.3 Å². The van der Waals surface area contributed by atoms with Crippen molar-refractivity contribution < 1.29 is 22.7 Å². The highest BCUT2D eigenvalue weighted by atomic mass is 19.4. The average molecular weight is 258 g/mol. The molecule has 2 aromatic rings. The summed E-state index contributed by atoms with van der Waals surface area (Å²) in [4.78, 5) is 15.3. The Morgan fingerprint density at radius 3 is 2.78 bits per heavy atom. The van der Waals surface area contributed by atoms with E-state index in [2.05, 4.69) is 4.98 Å². The zero-order valence-corrected chi connectivity index (χ0v) is 9.36. The van der Waals surface area contributed by atoms with Gasteiger partial charge in [0, 0.05) is 6.20 Å². The highest BCUT2D eigenvalue weighted by Crippen LogP contribution is 2.29. The zero-order valence-electron chi connectivity index (χ0n) is 9.36. The van der Waals surface area contributed by atoms with Crippen molar-refractivity contribution in [1.29, 1.82) is 0 Å². The van der Waals surface area contributed by atoms with Crippen LogP contribution >= 0.6 is 0 Å². The van der Waals surface area contributed by atoms with E-state index in [9.17, 15) is 18.0 Å². The van der Waals surface area contributed by atoms with E-state index in [1.54, 1.807) is 6.92 Å². The third kappa shape index (κ3) is 2.15. The Labute approximate surface area is 100 Å². The standard InChI is InChI=1S/C11H9F3N2O2/c1-2-18-10(17)9-15-5-8-4-3-7(6-16(8)9)11(12,13)14/h3-6H,2H2,1H3. The minimum atomic E-state index is -4.47. The minimum absolute atomic E-state index is 0.132. The third-order valence-electron chi connectivity index (χ3n) is 2.31. The van der Waals surface area contributed by atoms with Gasteiger partial charge in [-0.3, -0.25) is 4.40 Å². The molecule has 2 heterocycles. The second kappa shape index (κ2) is 4.32. The quantitative estimate of drug-likeness (QED) is 0.777. The number of fused-ring (bicyclic) bond motifs is 1. The molecule has 4 nitrogen and oxygen atoms in total. The van der Waals surface area contributed by atoms with Gasteiger partial charge in [-0.25, -0.2) is 9.78 Å². The van der Waals surface area contributed by atoms with Gasteiger partial charge in [-0.1, -0.05) is 0 Å². The van der Waals surface area contributed by atoms with E-state index in [-0.39, 0.29) is 12.4 Å². The fourth-order valence-corrected chi connectivity index (χ4v) is 1.50. The summed E-state index contributed by atoms with van der Waals surface area (Å²) >= 11 is 0. The summed E-state index contributed by atoms with van der Waals surface area (Å²) in [6.07, 6.45) is -2.33. The Balaban J connectivity index is 2.53. The van der Waals surface area contributed by atoms with Crippen LogP contribution in [0.5, 0.6) is 0 Å². The lowest BCUT2D eigenvalue weighted by Gasteiger charge is -2.07. The van der Waals surface area contributed by atoms with Crippen LogP contribution in [-0.4, -0.2) is 22.0 Å². The molecule has 0 atom stereocenters. The van der Waals surface area contributed by atoms with Gasteiger partial charge in [0.2, 0.25) is 5.82 Å². The van der Waals surface area contributed by atoms with Crippen molar-refractivity contribution in [2.24, 2.45) is 0 Å². The van der Waals surface area contributed by atoms with Crippen molar-refractivity contribution in [1.82, 2.24) is 9.38 Å². The van der Waals surface area contributed by atoms with Gasteiger partial charge in [0.15, 0.2) is 0 Å². The molecule has 7 heteroatoms. The first kappa shape index (κ1) is 12.4. The Hall–Kier alpha value is -2.05. The highest BCUT2D eigenvalue weighted by molar-refractivity contribution is 5.86. The average Bonchev–Trinajstić information content (AvgIpc) is 2.70. The van der Waals surface area contributed by atoms with Gasteiger partial charge in [-0.15, -0.1) is 0 Å². The van der Waals surface area contributed by atoms with Gasteiger partial charge >= 0.3 is 12.1 Å². The number of pyridine rings is 1. The van der Waals surface area contributed by atoms with Gasteiger partial charge < -0.3 is 4.74 Å². The predicted octanol–water partition coefficient (Wildman–Crippen LogP) is 2.53. The normalized spacial score (nSPS) is 11.8. The molecule has 0 aromatic carbocycles. The van der Waals surface area contributed by atoms with E-state index in [4.69, 9.17) is 4.74 Å². The highest BCUT2D eigenvalue weighted by Gasteiger charge is 2.31. The van der Waals surface area contributed by atoms with Crippen LogP contribution in [0.15, 0.2) is 24.5 Å². The number of halogens is 3. The van der Waals surface area contributed by atoms with E-state index in [1.807, 2.05) is 0 Å². The summed E-state index contributed by atoms with van der Waals surface area (Å²) < 4.78 is 43.4. The number of rotatable bonds is 2. The van der Waals surface area contributed by atoms with E-state index >= 15 is 0 Å². The molecule has 0 saturated heterocycles. The summed E-state index contributed by atoms with van der Waals surface area (Å²) in [6.45, 7) is 1.74. The van der Waals surface area contributed by atoms with Crippen molar-refractivity contribution in [2.45, 2.75) is 13.1 Å². The van der Waals surface area contributed by atoms with Crippen LogP contribution in [0.2, 0.25) is 0 Å². The first-order chi connectivity index (χ1) is 8.43. The van der Waals surface area contributed by atoms with Crippen LogP contribution in [-0.2, 0) is 10.9 Å². The van der Waals surface area contributed by atoms with Crippen molar-refractivity contribution in [3.63, 3.8) is 0 Å². The number of aromatic nitrogens is 2. The molecule has 0 aliphatic rings. The first-order valence-corrected chi connectivity index (χ1v) is 5.15. The van der Waals surface area contributed by atoms with Gasteiger partial charge in [-0.2, -0.15) is 13.2 Å². The molecule has 96 valence electrons. The SMILES string of the molecule is CCOC(=O)c1ncc2ccc(C(F)(F)F)cn12. The lowest BCUT2D eigenvalue weighted by molar-refractivity contribution is -0.137. The van der Waals surface area contributed by atoms with Crippen LogP contribution in [0.25, 0.3) is 5.52 Å². The van der Waals surface area contributed by atoms with Crippen LogP contribution in [0.4, 0.5) is 13.2 Å². The molecular formula is C11H9F3N2O2. The van der Waals surface area contributed by atoms with Crippen LogP contribution in [0.1, 0.15) is 23.1 Å². The van der Waals surface area contributed by atoms with E-state index in [0.29, 0.717) is 5.52 Å². The maximum atomic E-state index is 12.6. The molecule has 0 bridgehead atoms. The molecule has 2 aromatic heterocycles. The van der Waals surface area contributed by atoms with Gasteiger partial charge in [0.1, 0.15) is 0 Å². The summed E-state index contributed by atoms with van der Waals surface area (Å²) in [5.74, 6) is -0.922. The van der Waals surface area contributed by atoms with Crippen molar-refractivity contribution in [3.8, 4) is 0 Å². The molecule has 0 aliphatic heterocycles. The summed E-state index contributed by atoms with van der Waals surface area (Å²) in [5.41, 5.74) is -0.454. The molecule has 0 radical (unpaired) electrons. The van der Waals surface area contributed by atoms with Gasteiger partial charge in [0.25, 0.3) is 0 Å². The van der Waals surface area contributed by atoms with E-state index < -0.39 is 17.7 Å². The topological polar surface area (TPSA) is 43.6 Å². The number of ether oxygens (including phenoxy) is 1. The van der Waals surface area contributed by atoms with E-state index in [0.717, 1.165) is 16.7 Å². The number of hydrogen-bond acceptors (Lipinski definition) is 3. The van der Waals surface area contributed by atoms with Gasteiger partial charge in [-0.05, 0) is 19.1 Å². The third-order valence-corrected chi connectivity index (χ3v) is 2.31. The Morgan fingerprint density at radius 1 is 1.44 bits per heavy atom. The number of alkyl halides is 3. The largest absolute Gasteiger partial charge is 0.460 e. The zero-order chi connectivity index (χ0) is 13.3. The Bertz CT molecular complexity index is 589. The lowest BCUT2D eigenvalue weighted by atomic mass is 10.2. The van der Waals surface area contributed by atoms with Gasteiger partial charge in [0.05, 0.1) is 23.9 Å². The van der Waals surface area contributed by atoms with Crippen LogP contribution in [0, 0.1) is 0 Å². The number of esters is 1. The molecule has 0 N–H and O–H groups in total. The van der Waals surface area contributed by atoms with Crippen molar-refractivity contribution in [2.75, 3.05) is 6.61 Å². The monoisotopic (exact) mass is 258 g/mol. The number of nitrogens with zero attached hydrogens (tertiary/aromatic N) is 2. The second-order valence-electron chi connectivity index (χ2n) is 3.51. The molecule has 2 rings (SSSR count). The maximum Gasteiger partial charge on any atom is 0.417 e. The minimum Gasteiger partial charge on any atom is -0.460 e. The fourth-order valence-electron chi connectivity index (χ4n) is 1.50. The molecule has 0 saturated carbocycles. The molecule has 0 spiro atoms. The van der Waals surface area contributed by atoms with Crippen molar-refractivity contribution >= 4 is 11.5 Å². The smallest absolute Gasteiger partial charge is 0.417 e. The molecular weight excluding hydrogens is 249 g/mol. The molecule has 0 aliphatic carbocycles. The second-order valence-corrected chi connectivity index (χ2v) is 3.51. The first-order valence-electron chi connectivity index (χ1n) is 5.15. The predicted molar refractivity (Wildman–Crippen MR) is 56.2 cm³/mol. The lowest BCUT2D eigenvalue weighted by Crippen LogP contribution is -2.11. The maximum absolute atomic E-state index is 12.6. The summed E-state index contributed by atoms with van der Waals surface area (Å²) in [6, 6.07) is 2.19. The number of hydrogen-bond donors (Lipinski definition) is 0. The fraction of sp³-hybridized carbons (Fsp3) is 0.273. The number of carbonyl (C=O) groups excluding carboxylic acids is 1. The number of carbonyl (C=O) groups is 1. The summed E-state index contributed by atoms with van der Waals surface area (Å²) in [5, 5.41) is 0. The van der Waals surface area contributed by atoms with Crippen LogP contribution in [0.3, 0.4) is 0 Å². The molecule has 0 unspecified atom stereocenters. The molecule has 0 amide bonds. The molecule has 0 fully saturated rings. The number of imidazole rings is 1. The van der Waals surface area contributed by atoms with Crippen molar-refractivity contribution in [3.05, 3.63) is 35.9 Å².